The van der Waals surface area contributed by atoms with Crippen LogP contribution in [0, 0.1) is 5.92 Å². The molecule has 0 fully saturated rings. The lowest BCUT2D eigenvalue weighted by Crippen LogP contribution is -2.35. The molecule has 0 heterocycles. The lowest BCUT2D eigenvalue weighted by molar-refractivity contribution is 0.177. The predicted molar refractivity (Wildman–Crippen MR) is 45.6 cm³/mol. The second kappa shape index (κ2) is 6.58. The number of methoxy groups -OCH3 is 1. The molecule has 2 atom stereocenters. The van der Waals surface area contributed by atoms with Crippen LogP contribution in [0.2, 0.25) is 0 Å². The Balaban J connectivity index is 3.28. The zero-order chi connectivity index (χ0) is 8.69. The van der Waals surface area contributed by atoms with Crippen molar-refractivity contribution >= 4 is 0 Å². The summed E-state index contributed by atoms with van der Waals surface area (Å²) in [6, 6.07) is 0.357. The van der Waals surface area contributed by atoms with Crippen molar-refractivity contribution in [1.29, 1.82) is 0 Å². The van der Waals surface area contributed by atoms with Crippen molar-refractivity contribution in [3.8, 4) is 0 Å². The summed E-state index contributed by atoms with van der Waals surface area (Å²) < 4.78 is 4.88. The smallest absolute Gasteiger partial charge is 0.0587 e. The minimum atomic E-state index is 0.237. The Hall–Kier alpha value is -0.120. The molecular weight excluding hydrogens is 142 g/mol. The first-order valence-electron chi connectivity index (χ1n) is 4.05. The molecule has 0 aliphatic heterocycles. The van der Waals surface area contributed by atoms with Gasteiger partial charge in [0, 0.05) is 26.3 Å². The molecule has 11 heavy (non-hydrogen) atoms. The van der Waals surface area contributed by atoms with Gasteiger partial charge in [0.2, 0.25) is 0 Å². The molecule has 2 N–H and O–H groups in total. The van der Waals surface area contributed by atoms with Gasteiger partial charge in [-0.3, -0.25) is 0 Å². The van der Waals surface area contributed by atoms with Crippen LogP contribution in [-0.4, -0.2) is 38.0 Å². The summed E-state index contributed by atoms with van der Waals surface area (Å²) in [7, 11) is 1.68. The highest BCUT2D eigenvalue weighted by Crippen LogP contribution is 1.99. The maximum atomic E-state index is 8.79. The lowest BCUT2D eigenvalue weighted by Gasteiger charge is -2.18. The van der Waals surface area contributed by atoms with Crippen LogP contribution in [-0.2, 0) is 4.74 Å². The van der Waals surface area contributed by atoms with Crippen molar-refractivity contribution in [1.82, 2.24) is 5.32 Å². The van der Waals surface area contributed by atoms with Crippen LogP contribution in [0.5, 0.6) is 0 Å². The summed E-state index contributed by atoms with van der Waals surface area (Å²) in [5.41, 5.74) is 0. The molecule has 0 saturated heterocycles. The summed E-state index contributed by atoms with van der Waals surface area (Å²) in [6.07, 6.45) is 0. The third kappa shape index (κ3) is 5.18. The highest BCUT2D eigenvalue weighted by atomic mass is 16.5. The van der Waals surface area contributed by atoms with E-state index in [1.165, 1.54) is 0 Å². The molecule has 0 aliphatic rings. The number of nitrogens with one attached hydrogen (secondary N) is 1. The number of hydrogen-bond donors (Lipinski definition) is 2. The van der Waals surface area contributed by atoms with Gasteiger partial charge in [-0.25, -0.2) is 0 Å². The third-order valence-corrected chi connectivity index (χ3v) is 1.91. The normalized spacial score (nSPS) is 16.4. The molecule has 0 rings (SSSR count). The van der Waals surface area contributed by atoms with Gasteiger partial charge in [0.1, 0.15) is 0 Å². The fourth-order valence-corrected chi connectivity index (χ4v) is 0.748. The van der Waals surface area contributed by atoms with Crippen molar-refractivity contribution in [3.05, 3.63) is 0 Å². The van der Waals surface area contributed by atoms with Gasteiger partial charge in [0.05, 0.1) is 6.61 Å². The highest BCUT2D eigenvalue weighted by molar-refractivity contribution is 4.66. The number of ether oxygens (including phenoxy) is 1. The van der Waals surface area contributed by atoms with Crippen molar-refractivity contribution in [3.63, 3.8) is 0 Å². The molecule has 2 unspecified atom stereocenters. The number of rotatable bonds is 6. The van der Waals surface area contributed by atoms with Gasteiger partial charge in [-0.1, -0.05) is 6.92 Å². The standard InChI is InChI=1S/C8H19NO2/c1-7(6-10)8(2)9-4-5-11-3/h7-10H,4-6H2,1-3H3. The van der Waals surface area contributed by atoms with Crippen molar-refractivity contribution < 1.29 is 9.84 Å². The van der Waals surface area contributed by atoms with E-state index in [4.69, 9.17) is 9.84 Å². The van der Waals surface area contributed by atoms with Gasteiger partial charge in [0.15, 0.2) is 0 Å². The fraction of sp³-hybridized carbons (Fsp3) is 1.00. The van der Waals surface area contributed by atoms with Gasteiger partial charge in [0.25, 0.3) is 0 Å². The van der Waals surface area contributed by atoms with E-state index >= 15 is 0 Å². The second-order valence-electron chi connectivity index (χ2n) is 2.90. The summed E-state index contributed by atoms with van der Waals surface area (Å²) in [5.74, 6) is 0.312. The first-order valence-corrected chi connectivity index (χ1v) is 4.05. The van der Waals surface area contributed by atoms with Crippen LogP contribution in [0.4, 0.5) is 0 Å². The molecule has 0 aromatic carbocycles. The SMILES string of the molecule is COCCNC(C)C(C)CO. The zero-order valence-electron chi connectivity index (χ0n) is 7.63. The largest absolute Gasteiger partial charge is 0.396 e. The maximum absolute atomic E-state index is 8.79. The van der Waals surface area contributed by atoms with E-state index in [-0.39, 0.29) is 6.61 Å². The van der Waals surface area contributed by atoms with E-state index < -0.39 is 0 Å². The van der Waals surface area contributed by atoms with Crippen LogP contribution in [0.25, 0.3) is 0 Å². The topological polar surface area (TPSA) is 41.5 Å². The quantitative estimate of drug-likeness (QED) is 0.548. The van der Waals surface area contributed by atoms with E-state index in [0.29, 0.717) is 12.0 Å². The van der Waals surface area contributed by atoms with E-state index in [0.717, 1.165) is 13.2 Å². The molecule has 68 valence electrons. The summed E-state index contributed by atoms with van der Waals surface area (Å²) in [5, 5.41) is 12.0. The minimum Gasteiger partial charge on any atom is -0.396 e. The summed E-state index contributed by atoms with van der Waals surface area (Å²) >= 11 is 0. The van der Waals surface area contributed by atoms with Crippen molar-refractivity contribution in [2.24, 2.45) is 5.92 Å². The molecule has 0 amide bonds. The van der Waals surface area contributed by atoms with Crippen molar-refractivity contribution in [2.75, 3.05) is 26.9 Å². The number of aliphatic hydroxyl groups is 1. The van der Waals surface area contributed by atoms with Crippen LogP contribution in [0.3, 0.4) is 0 Å². The molecule has 3 nitrogen and oxygen atoms in total. The van der Waals surface area contributed by atoms with E-state index in [1.807, 2.05) is 6.92 Å². The van der Waals surface area contributed by atoms with E-state index in [2.05, 4.69) is 12.2 Å². The Morgan fingerprint density at radius 2 is 2.09 bits per heavy atom. The van der Waals surface area contributed by atoms with E-state index in [9.17, 15) is 0 Å². The molecule has 0 aromatic rings. The minimum absolute atomic E-state index is 0.237. The molecule has 3 heteroatoms. The summed E-state index contributed by atoms with van der Waals surface area (Å²) in [6.45, 7) is 5.90. The number of hydrogen-bond acceptors (Lipinski definition) is 3. The van der Waals surface area contributed by atoms with Gasteiger partial charge in [-0.2, -0.15) is 0 Å². The molecule has 0 bridgehead atoms. The average molecular weight is 161 g/mol. The Bertz CT molecular complexity index is 88.2. The third-order valence-electron chi connectivity index (χ3n) is 1.91. The lowest BCUT2D eigenvalue weighted by atomic mass is 10.1. The van der Waals surface area contributed by atoms with Crippen LogP contribution < -0.4 is 5.32 Å². The first kappa shape index (κ1) is 10.9. The van der Waals surface area contributed by atoms with Gasteiger partial charge < -0.3 is 15.2 Å². The van der Waals surface area contributed by atoms with Crippen LogP contribution in [0.1, 0.15) is 13.8 Å². The second-order valence-corrected chi connectivity index (χ2v) is 2.90. The van der Waals surface area contributed by atoms with Gasteiger partial charge in [-0.05, 0) is 12.8 Å². The molecule has 0 radical (unpaired) electrons. The fourth-order valence-electron chi connectivity index (χ4n) is 0.748. The Kier molecular flexibility index (Phi) is 6.51. The Labute approximate surface area is 68.8 Å². The first-order chi connectivity index (χ1) is 5.22. The van der Waals surface area contributed by atoms with Gasteiger partial charge >= 0.3 is 0 Å². The average Bonchev–Trinajstić information content (AvgIpc) is 2.03. The monoisotopic (exact) mass is 161 g/mol. The summed E-state index contributed by atoms with van der Waals surface area (Å²) in [4.78, 5) is 0. The highest BCUT2D eigenvalue weighted by Gasteiger charge is 2.08. The van der Waals surface area contributed by atoms with Gasteiger partial charge in [-0.15, -0.1) is 0 Å². The zero-order valence-corrected chi connectivity index (χ0v) is 7.63. The van der Waals surface area contributed by atoms with E-state index in [1.54, 1.807) is 7.11 Å². The number of aliphatic hydroxyl groups excluding tert-OH is 1. The van der Waals surface area contributed by atoms with Crippen molar-refractivity contribution in [2.45, 2.75) is 19.9 Å². The molecule has 0 spiro atoms. The van der Waals surface area contributed by atoms with Crippen LogP contribution in [0.15, 0.2) is 0 Å². The predicted octanol–water partition coefficient (Wildman–Crippen LogP) is 0.239. The van der Waals surface area contributed by atoms with Crippen LogP contribution >= 0.6 is 0 Å². The Morgan fingerprint density at radius 3 is 2.55 bits per heavy atom. The molecule has 0 aliphatic carbocycles. The molecule has 0 saturated carbocycles. The molecular formula is C8H19NO2. The maximum Gasteiger partial charge on any atom is 0.0587 e. The Morgan fingerprint density at radius 1 is 1.45 bits per heavy atom. The molecule has 0 aromatic heterocycles.